The van der Waals surface area contributed by atoms with Crippen molar-refractivity contribution >= 4 is 29.1 Å². The lowest BCUT2D eigenvalue weighted by molar-refractivity contribution is -0.140. The molecule has 1 atom stereocenters. The lowest BCUT2D eigenvalue weighted by atomic mass is 9.95. The van der Waals surface area contributed by atoms with Gasteiger partial charge in [0.1, 0.15) is 11.5 Å². The van der Waals surface area contributed by atoms with E-state index in [0.29, 0.717) is 22.9 Å². The van der Waals surface area contributed by atoms with Gasteiger partial charge in [0.2, 0.25) is 0 Å². The molecule has 0 radical (unpaired) electrons. The molecule has 0 unspecified atom stereocenters. The number of aliphatic hydroxyl groups is 1. The predicted octanol–water partition coefficient (Wildman–Crippen LogP) is 3.81. The molecule has 1 heterocycles. The van der Waals surface area contributed by atoms with Gasteiger partial charge in [0.25, 0.3) is 11.7 Å². The van der Waals surface area contributed by atoms with E-state index in [4.69, 9.17) is 21.1 Å². The van der Waals surface area contributed by atoms with Gasteiger partial charge in [-0.3, -0.25) is 9.59 Å². The smallest absolute Gasteiger partial charge is 0.295 e. The Morgan fingerprint density at radius 3 is 2.52 bits per heavy atom. The summed E-state index contributed by atoms with van der Waals surface area (Å²) < 4.78 is 10.5. The Labute approximate surface area is 174 Å². The highest BCUT2D eigenvalue weighted by molar-refractivity contribution is 6.46. The number of rotatable bonds is 7. The first-order valence-corrected chi connectivity index (χ1v) is 9.62. The molecule has 6 nitrogen and oxygen atoms in total. The van der Waals surface area contributed by atoms with Crippen LogP contribution in [-0.2, 0) is 14.3 Å². The molecule has 0 aliphatic carbocycles. The Balaban J connectivity index is 2.12. The second-order valence-corrected chi connectivity index (χ2v) is 6.88. The Morgan fingerprint density at radius 1 is 1.17 bits per heavy atom. The summed E-state index contributed by atoms with van der Waals surface area (Å²) in [7, 11) is 1.52. The van der Waals surface area contributed by atoms with Crippen LogP contribution in [0.2, 0.25) is 5.02 Å². The Kier molecular flexibility index (Phi) is 6.56. The number of likely N-dealkylation sites (tertiary alicyclic amines) is 1. The van der Waals surface area contributed by atoms with Crippen LogP contribution in [-0.4, -0.2) is 48.6 Å². The van der Waals surface area contributed by atoms with Crippen molar-refractivity contribution in [3.05, 3.63) is 70.3 Å². The summed E-state index contributed by atoms with van der Waals surface area (Å²) in [6, 6.07) is 13.2. The summed E-state index contributed by atoms with van der Waals surface area (Å²) >= 11 is 6.24. The van der Waals surface area contributed by atoms with Gasteiger partial charge in [0, 0.05) is 19.2 Å². The fraction of sp³-hybridized carbons (Fsp3) is 0.273. The molecule has 0 aromatic heterocycles. The number of ketones is 1. The molecule has 0 bridgehead atoms. The highest BCUT2D eigenvalue weighted by Gasteiger charge is 2.45. The van der Waals surface area contributed by atoms with Crippen molar-refractivity contribution in [2.75, 3.05) is 26.9 Å². The summed E-state index contributed by atoms with van der Waals surface area (Å²) in [6.07, 6.45) is 0. The molecule has 1 amide bonds. The average molecular weight is 416 g/mol. The van der Waals surface area contributed by atoms with Gasteiger partial charge in [-0.25, -0.2) is 0 Å². The minimum absolute atomic E-state index is 0.0255. The summed E-state index contributed by atoms with van der Waals surface area (Å²) in [5, 5.41) is 11.3. The number of hydrogen-bond acceptors (Lipinski definition) is 5. The zero-order valence-electron chi connectivity index (χ0n) is 16.2. The lowest BCUT2D eigenvalue weighted by Crippen LogP contribution is -2.32. The molecular formula is C22H22ClNO5. The molecule has 1 N–H and O–H groups in total. The van der Waals surface area contributed by atoms with E-state index in [0.717, 1.165) is 5.56 Å². The normalized spacial score (nSPS) is 18.3. The Hall–Kier alpha value is -2.83. The molecule has 1 fully saturated rings. The topological polar surface area (TPSA) is 76.1 Å². The van der Waals surface area contributed by atoms with Gasteiger partial charge in [-0.1, -0.05) is 41.9 Å². The average Bonchev–Trinajstić information content (AvgIpc) is 2.98. The molecule has 7 heteroatoms. The largest absolute Gasteiger partial charge is 0.507 e. The molecule has 1 saturated heterocycles. The number of benzene rings is 2. The zero-order valence-corrected chi connectivity index (χ0v) is 17.0. The minimum atomic E-state index is -0.738. The number of ether oxygens (including phenoxy) is 2. The van der Waals surface area contributed by atoms with Gasteiger partial charge < -0.3 is 19.5 Å². The van der Waals surface area contributed by atoms with Gasteiger partial charge in [-0.15, -0.1) is 0 Å². The van der Waals surface area contributed by atoms with E-state index >= 15 is 0 Å². The number of carbonyl (C=O) groups excluding carboxylic acids is 2. The summed E-state index contributed by atoms with van der Waals surface area (Å²) in [4.78, 5) is 26.9. The van der Waals surface area contributed by atoms with Crippen molar-refractivity contribution in [2.24, 2.45) is 0 Å². The zero-order chi connectivity index (χ0) is 21.0. The Bertz CT molecular complexity index is 941. The first kappa shape index (κ1) is 20.9. The highest BCUT2D eigenvalue weighted by Crippen LogP contribution is 2.40. The van der Waals surface area contributed by atoms with Gasteiger partial charge in [-0.2, -0.15) is 0 Å². The highest BCUT2D eigenvalue weighted by atomic mass is 35.5. The Morgan fingerprint density at radius 2 is 1.90 bits per heavy atom. The van der Waals surface area contributed by atoms with Crippen molar-refractivity contribution in [1.29, 1.82) is 0 Å². The van der Waals surface area contributed by atoms with Gasteiger partial charge >= 0.3 is 0 Å². The van der Waals surface area contributed by atoms with Crippen molar-refractivity contribution in [1.82, 2.24) is 4.90 Å². The lowest BCUT2D eigenvalue weighted by Gasteiger charge is -2.25. The third-order valence-electron chi connectivity index (χ3n) is 4.70. The second kappa shape index (κ2) is 9.11. The van der Waals surface area contributed by atoms with Crippen LogP contribution in [0.1, 0.15) is 24.1 Å². The first-order chi connectivity index (χ1) is 14.0. The first-order valence-electron chi connectivity index (χ1n) is 9.24. The SMILES string of the molecule is CCOc1ccc(C(O)=C2C(=O)C(=O)N(CCOC)[C@@H]2c2ccccc2)cc1Cl. The second-order valence-electron chi connectivity index (χ2n) is 6.47. The number of amides is 1. The van der Waals surface area contributed by atoms with Crippen LogP contribution in [0, 0.1) is 0 Å². The van der Waals surface area contributed by atoms with Gasteiger partial charge in [0.05, 0.1) is 29.9 Å². The van der Waals surface area contributed by atoms with Crippen LogP contribution in [0.5, 0.6) is 5.75 Å². The number of Topliss-reactive ketones (excluding diaryl/α,β-unsaturated/α-hetero) is 1. The van der Waals surface area contributed by atoms with Crippen LogP contribution in [0.25, 0.3) is 5.76 Å². The molecule has 2 aromatic carbocycles. The maximum Gasteiger partial charge on any atom is 0.295 e. The van der Waals surface area contributed by atoms with E-state index in [2.05, 4.69) is 0 Å². The quantitative estimate of drug-likeness (QED) is 0.423. The number of carbonyl (C=O) groups is 2. The molecule has 3 rings (SSSR count). The van der Waals surface area contributed by atoms with Crippen LogP contribution in [0.15, 0.2) is 54.1 Å². The van der Waals surface area contributed by atoms with Crippen LogP contribution >= 0.6 is 11.6 Å². The van der Waals surface area contributed by atoms with Crippen molar-refractivity contribution < 1.29 is 24.2 Å². The monoisotopic (exact) mass is 415 g/mol. The van der Waals surface area contributed by atoms with Gasteiger partial charge in [-0.05, 0) is 30.7 Å². The van der Waals surface area contributed by atoms with E-state index < -0.39 is 17.7 Å². The molecule has 2 aromatic rings. The van der Waals surface area contributed by atoms with Crippen molar-refractivity contribution in [3.63, 3.8) is 0 Å². The molecule has 0 spiro atoms. The van der Waals surface area contributed by atoms with Gasteiger partial charge in [0.15, 0.2) is 0 Å². The fourth-order valence-corrected chi connectivity index (χ4v) is 3.59. The number of hydrogen-bond donors (Lipinski definition) is 1. The third kappa shape index (κ3) is 4.13. The van der Waals surface area contributed by atoms with E-state index in [1.54, 1.807) is 12.1 Å². The minimum Gasteiger partial charge on any atom is -0.507 e. The molecule has 29 heavy (non-hydrogen) atoms. The molecule has 1 aliphatic rings. The molecule has 1 aliphatic heterocycles. The van der Waals surface area contributed by atoms with Crippen LogP contribution in [0.4, 0.5) is 0 Å². The summed E-state index contributed by atoms with van der Waals surface area (Å²) in [6.45, 7) is 2.78. The number of halogens is 1. The maximum atomic E-state index is 12.8. The van der Waals surface area contributed by atoms with E-state index in [1.165, 1.54) is 18.1 Å². The molecule has 0 saturated carbocycles. The number of nitrogens with zero attached hydrogens (tertiary/aromatic N) is 1. The van der Waals surface area contributed by atoms with E-state index in [9.17, 15) is 14.7 Å². The summed E-state index contributed by atoms with van der Waals surface area (Å²) in [5.41, 5.74) is 1.09. The number of methoxy groups -OCH3 is 1. The maximum absolute atomic E-state index is 12.8. The fourth-order valence-electron chi connectivity index (χ4n) is 3.36. The summed E-state index contributed by atoms with van der Waals surface area (Å²) in [5.74, 6) is -1.21. The third-order valence-corrected chi connectivity index (χ3v) is 4.99. The standard InChI is InChI=1S/C22H22ClNO5/c1-3-29-17-10-9-15(13-16(17)23)20(25)18-19(14-7-5-4-6-8-14)24(11-12-28-2)22(27)21(18)26/h4-10,13,19,25H,3,11-12H2,1-2H3/t19-/m1/s1. The van der Waals surface area contributed by atoms with Crippen LogP contribution in [0.3, 0.4) is 0 Å². The van der Waals surface area contributed by atoms with E-state index in [-0.39, 0.29) is 24.5 Å². The molecular weight excluding hydrogens is 394 g/mol. The van der Waals surface area contributed by atoms with Crippen molar-refractivity contribution in [3.8, 4) is 5.75 Å². The number of aliphatic hydroxyl groups excluding tert-OH is 1. The van der Waals surface area contributed by atoms with Crippen LogP contribution < -0.4 is 4.74 Å². The van der Waals surface area contributed by atoms with E-state index in [1.807, 2.05) is 37.3 Å². The molecule has 152 valence electrons. The van der Waals surface area contributed by atoms with Crippen molar-refractivity contribution in [2.45, 2.75) is 13.0 Å². The predicted molar refractivity (Wildman–Crippen MR) is 110 cm³/mol.